The molecule has 1 saturated heterocycles. The van der Waals surface area contributed by atoms with Gasteiger partial charge in [-0.15, -0.1) is 0 Å². The third-order valence-corrected chi connectivity index (χ3v) is 4.16. The van der Waals surface area contributed by atoms with Crippen molar-refractivity contribution in [3.8, 4) is 0 Å². The van der Waals surface area contributed by atoms with E-state index in [9.17, 15) is 4.79 Å². The standard InChI is InChI=1S/C14H28N2O/c1-9(2)13(10(3)4)8-16-14(17)11(5)12-6-15-7-12/h9-13,15H,6-8H2,1-5H3,(H,16,17). The van der Waals surface area contributed by atoms with Crippen LogP contribution in [0.25, 0.3) is 0 Å². The third kappa shape index (κ3) is 3.98. The van der Waals surface area contributed by atoms with E-state index in [0.717, 1.165) is 19.6 Å². The highest BCUT2D eigenvalue weighted by Crippen LogP contribution is 2.20. The minimum atomic E-state index is 0.149. The van der Waals surface area contributed by atoms with Crippen LogP contribution in [-0.2, 0) is 4.79 Å². The number of carbonyl (C=O) groups excluding carboxylic acids is 1. The Morgan fingerprint density at radius 3 is 2.06 bits per heavy atom. The molecule has 1 amide bonds. The number of amides is 1. The molecule has 17 heavy (non-hydrogen) atoms. The van der Waals surface area contributed by atoms with Crippen molar-refractivity contribution in [3.63, 3.8) is 0 Å². The van der Waals surface area contributed by atoms with Crippen molar-refractivity contribution in [2.45, 2.75) is 34.6 Å². The van der Waals surface area contributed by atoms with E-state index in [-0.39, 0.29) is 11.8 Å². The normalized spacial score (nSPS) is 18.6. The Labute approximate surface area is 106 Å². The fourth-order valence-electron chi connectivity index (χ4n) is 2.50. The van der Waals surface area contributed by atoms with Crippen LogP contribution in [0, 0.1) is 29.6 Å². The molecule has 1 aliphatic heterocycles. The van der Waals surface area contributed by atoms with Crippen molar-refractivity contribution in [1.82, 2.24) is 10.6 Å². The van der Waals surface area contributed by atoms with Crippen LogP contribution in [-0.4, -0.2) is 25.5 Å². The van der Waals surface area contributed by atoms with Gasteiger partial charge in [-0.05, 0) is 36.8 Å². The lowest BCUT2D eigenvalue weighted by Crippen LogP contribution is -2.50. The Kier molecular flexibility index (Phi) is 5.44. The zero-order chi connectivity index (χ0) is 13.0. The average molecular weight is 240 g/mol. The Morgan fingerprint density at radius 1 is 1.18 bits per heavy atom. The summed E-state index contributed by atoms with van der Waals surface area (Å²) < 4.78 is 0. The lowest BCUT2D eigenvalue weighted by Gasteiger charge is -2.32. The molecule has 100 valence electrons. The van der Waals surface area contributed by atoms with Crippen molar-refractivity contribution in [1.29, 1.82) is 0 Å². The minimum Gasteiger partial charge on any atom is -0.356 e. The average Bonchev–Trinajstić information content (AvgIpc) is 2.13. The van der Waals surface area contributed by atoms with Gasteiger partial charge in [0.2, 0.25) is 5.91 Å². The van der Waals surface area contributed by atoms with E-state index in [2.05, 4.69) is 38.3 Å². The molecule has 0 spiro atoms. The second-order valence-electron chi connectivity index (χ2n) is 6.10. The summed E-state index contributed by atoms with van der Waals surface area (Å²) in [6.45, 7) is 13.8. The summed E-state index contributed by atoms with van der Waals surface area (Å²) in [6, 6.07) is 0. The van der Waals surface area contributed by atoms with E-state index in [0.29, 0.717) is 23.7 Å². The first-order chi connectivity index (χ1) is 7.93. The Hall–Kier alpha value is -0.570. The molecule has 0 aliphatic carbocycles. The molecule has 0 radical (unpaired) electrons. The summed E-state index contributed by atoms with van der Waals surface area (Å²) in [5.74, 6) is 2.73. The van der Waals surface area contributed by atoms with Gasteiger partial charge in [0.25, 0.3) is 0 Å². The van der Waals surface area contributed by atoms with E-state index in [1.807, 2.05) is 6.92 Å². The molecule has 1 unspecified atom stereocenters. The van der Waals surface area contributed by atoms with Crippen molar-refractivity contribution in [2.24, 2.45) is 29.6 Å². The van der Waals surface area contributed by atoms with E-state index < -0.39 is 0 Å². The predicted octanol–water partition coefficient (Wildman–Crippen LogP) is 1.89. The zero-order valence-electron chi connectivity index (χ0n) is 11.9. The van der Waals surface area contributed by atoms with E-state index in [1.165, 1.54) is 0 Å². The first-order valence-corrected chi connectivity index (χ1v) is 6.91. The number of nitrogens with one attached hydrogen (secondary N) is 2. The van der Waals surface area contributed by atoms with Crippen LogP contribution in [0.4, 0.5) is 0 Å². The van der Waals surface area contributed by atoms with Crippen molar-refractivity contribution in [3.05, 3.63) is 0 Å². The van der Waals surface area contributed by atoms with Crippen LogP contribution in [0.2, 0.25) is 0 Å². The summed E-state index contributed by atoms with van der Waals surface area (Å²) in [4.78, 5) is 12.0. The second-order valence-corrected chi connectivity index (χ2v) is 6.10. The number of hydrogen-bond acceptors (Lipinski definition) is 2. The molecule has 0 aromatic rings. The predicted molar refractivity (Wildman–Crippen MR) is 71.7 cm³/mol. The molecule has 2 N–H and O–H groups in total. The van der Waals surface area contributed by atoms with Crippen LogP contribution < -0.4 is 10.6 Å². The topological polar surface area (TPSA) is 41.1 Å². The highest BCUT2D eigenvalue weighted by atomic mass is 16.1. The highest BCUT2D eigenvalue weighted by molar-refractivity contribution is 5.78. The van der Waals surface area contributed by atoms with Gasteiger partial charge in [0, 0.05) is 12.5 Å². The summed E-state index contributed by atoms with van der Waals surface area (Å²) in [6.07, 6.45) is 0. The monoisotopic (exact) mass is 240 g/mol. The third-order valence-electron chi connectivity index (χ3n) is 4.16. The zero-order valence-corrected chi connectivity index (χ0v) is 11.9. The number of rotatable bonds is 6. The molecule has 1 fully saturated rings. The Balaban J connectivity index is 2.35. The molecule has 3 nitrogen and oxygen atoms in total. The molecule has 0 bridgehead atoms. The number of hydrogen-bond donors (Lipinski definition) is 2. The van der Waals surface area contributed by atoms with Gasteiger partial charge < -0.3 is 10.6 Å². The molecule has 0 saturated carbocycles. The molecular weight excluding hydrogens is 212 g/mol. The second kappa shape index (κ2) is 6.39. The smallest absolute Gasteiger partial charge is 0.223 e. The molecule has 1 atom stereocenters. The van der Waals surface area contributed by atoms with Crippen molar-refractivity contribution >= 4 is 5.91 Å². The fourth-order valence-corrected chi connectivity index (χ4v) is 2.50. The Morgan fingerprint density at radius 2 is 1.71 bits per heavy atom. The van der Waals surface area contributed by atoms with Crippen LogP contribution in [0.5, 0.6) is 0 Å². The molecule has 0 aromatic heterocycles. The van der Waals surface area contributed by atoms with Gasteiger partial charge in [-0.2, -0.15) is 0 Å². The van der Waals surface area contributed by atoms with Gasteiger partial charge in [0.05, 0.1) is 0 Å². The van der Waals surface area contributed by atoms with Gasteiger partial charge in [-0.25, -0.2) is 0 Å². The lowest BCUT2D eigenvalue weighted by atomic mass is 9.84. The van der Waals surface area contributed by atoms with E-state index in [4.69, 9.17) is 0 Å². The summed E-state index contributed by atoms with van der Waals surface area (Å²) in [7, 11) is 0. The Bertz CT molecular complexity index is 239. The van der Waals surface area contributed by atoms with Crippen LogP contribution in [0.15, 0.2) is 0 Å². The maximum atomic E-state index is 12.0. The summed E-state index contributed by atoms with van der Waals surface area (Å²) in [5, 5.41) is 6.35. The van der Waals surface area contributed by atoms with E-state index >= 15 is 0 Å². The van der Waals surface area contributed by atoms with Gasteiger partial charge in [-0.3, -0.25) is 4.79 Å². The molecule has 1 rings (SSSR count). The minimum absolute atomic E-state index is 0.149. The van der Waals surface area contributed by atoms with Crippen molar-refractivity contribution < 1.29 is 4.79 Å². The first-order valence-electron chi connectivity index (χ1n) is 6.91. The fraction of sp³-hybridized carbons (Fsp3) is 0.929. The number of carbonyl (C=O) groups is 1. The maximum absolute atomic E-state index is 12.0. The van der Waals surface area contributed by atoms with Crippen LogP contribution in [0.3, 0.4) is 0 Å². The molecule has 1 aliphatic rings. The SMILES string of the molecule is CC(C)C(CNC(=O)C(C)C1CNC1)C(C)C. The van der Waals surface area contributed by atoms with Crippen LogP contribution in [0.1, 0.15) is 34.6 Å². The van der Waals surface area contributed by atoms with Crippen LogP contribution >= 0.6 is 0 Å². The molecule has 0 aromatic carbocycles. The van der Waals surface area contributed by atoms with Gasteiger partial charge in [0.1, 0.15) is 0 Å². The molecular formula is C14H28N2O. The van der Waals surface area contributed by atoms with E-state index in [1.54, 1.807) is 0 Å². The molecule has 1 heterocycles. The maximum Gasteiger partial charge on any atom is 0.223 e. The highest BCUT2D eigenvalue weighted by Gasteiger charge is 2.29. The van der Waals surface area contributed by atoms with Gasteiger partial charge in [0.15, 0.2) is 0 Å². The summed E-state index contributed by atoms with van der Waals surface area (Å²) in [5.41, 5.74) is 0. The van der Waals surface area contributed by atoms with Gasteiger partial charge in [-0.1, -0.05) is 34.6 Å². The largest absolute Gasteiger partial charge is 0.356 e. The first kappa shape index (κ1) is 14.5. The summed E-state index contributed by atoms with van der Waals surface area (Å²) >= 11 is 0. The van der Waals surface area contributed by atoms with Crippen molar-refractivity contribution in [2.75, 3.05) is 19.6 Å². The quantitative estimate of drug-likeness (QED) is 0.744. The van der Waals surface area contributed by atoms with Gasteiger partial charge >= 0.3 is 0 Å². The lowest BCUT2D eigenvalue weighted by molar-refractivity contribution is -0.127. The molecule has 3 heteroatoms.